The predicted octanol–water partition coefficient (Wildman–Crippen LogP) is 1.93. The molecule has 0 aliphatic rings. The lowest BCUT2D eigenvalue weighted by atomic mass is 10.2. The van der Waals surface area contributed by atoms with Gasteiger partial charge in [0.15, 0.2) is 0 Å². The van der Waals surface area contributed by atoms with E-state index in [0.29, 0.717) is 10.7 Å². The highest BCUT2D eigenvalue weighted by Crippen LogP contribution is 2.11. The lowest BCUT2D eigenvalue weighted by Crippen LogP contribution is -1.93. The summed E-state index contributed by atoms with van der Waals surface area (Å²) < 4.78 is 0. The number of nitrogens with one attached hydrogen (secondary N) is 2. The molecule has 0 radical (unpaired) electrons. The van der Waals surface area contributed by atoms with Crippen molar-refractivity contribution >= 4 is 28.0 Å². The van der Waals surface area contributed by atoms with E-state index in [0.717, 1.165) is 22.9 Å². The van der Waals surface area contributed by atoms with Gasteiger partial charge in [0.05, 0.1) is 10.6 Å². The van der Waals surface area contributed by atoms with Gasteiger partial charge in [-0.2, -0.15) is 0 Å². The Hall–Kier alpha value is -1.29. The quantitative estimate of drug-likeness (QED) is 0.368. The topological polar surface area (TPSA) is 73.7 Å². The molecule has 0 aliphatic heterocycles. The van der Waals surface area contributed by atoms with Gasteiger partial charge in [0.2, 0.25) is 0 Å². The van der Waals surface area contributed by atoms with E-state index in [1.807, 2.05) is 0 Å². The van der Waals surface area contributed by atoms with E-state index in [2.05, 4.69) is 0 Å². The molecule has 0 aliphatic carbocycles. The average Bonchev–Trinajstić information content (AvgIpc) is 2.06. The van der Waals surface area contributed by atoms with Crippen molar-refractivity contribution in [2.24, 2.45) is 0 Å². The molecule has 0 unspecified atom stereocenters. The zero-order valence-electron chi connectivity index (χ0n) is 6.37. The highest BCUT2D eigenvalue weighted by atomic mass is 32.2. The Kier molecular flexibility index (Phi) is 2.88. The first kappa shape index (κ1) is 8.80. The van der Waals surface area contributed by atoms with E-state index in [9.17, 15) is 0 Å². The second-order valence-electron chi connectivity index (χ2n) is 2.19. The van der Waals surface area contributed by atoms with Gasteiger partial charge in [-0.25, -0.2) is 0 Å². The lowest BCUT2D eigenvalue weighted by molar-refractivity contribution is 1.53. The van der Waals surface area contributed by atoms with Crippen LogP contribution in [0.2, 0.25) is 0 Å². The van der Waals surface area contributed by atoms with Gasteiger partial charge in [-0.3, -0.25) is 5.41 Å². The molecule has 0 aromatic heterocycles. The predicted molar refractivity (Wildman–Crippen MR) is 54.1 cm³/mol. The molecule has 0 spiro atoms. The fourth-order valence-electron chi connectivity index (χ4n) is 0.761. The third kappa shape index (κ3) is 2.10. The first-order chi connectivity index (χ1) is 5.74. The maximum absolute atomic E-state index is 7.47. The van der Waals surface area contributed by atoms with E-state index in [-0.39, 0.29) is 0 Å². The largest absolute Gasteiger partial charge is 0.399 e. The number of rotatable bonds is 2. The number of anilines is 1. The Bertz CT molecular complexity index is 292. The minimum atomic E-state index is 0.366. The molecule has 4 N–H and O–H groups in total. The molecule has 1 aromatic rings. The normalized spacial score (nSPS) is 9.33. The summed E-state index contributed by atoms with van der Waals surface area (Å²) in [4.78, 5) is 0. The van der Waals surface area contributed by atoms with Gasteiger partial charge in [0, 0.05) is 11.3 Å². The van der Waals surface area contributed by atoms with E-state index in [1.54, 1.807) is 24.3 Å². The van der Waals surface area contributed by atoms with Crippen molar-refractivity contribution in [3.05, 3.63) is 29.8 Å². The van der Waals surface area contributed by atoms with Crippen molar-refractivity contribution < 1.29 is 0 Å². The SMILES string of the molecule is N=CSC(=N)c1ccc(N)cc1. The van der Waals surface area contributed by atoms with Gasteiger partial charge in [0.1, 0.15) is 0 Å². The fourth-order valence-corrected chi connectivity index (χ4v) is 1.15. The van der Waals surface area contributed by atoms with E-state index in [1.165, 1.54) is 0 Å². The summed E-state index contributed by atoms with van der Waals surface area (Å²) in [5.74, 6) is 0. The van der Waals surface area contributed by atoms with Gasteiger partial charge in [0.25, 0.3) is 0 Å². The van der Waals surface area contributed by atoms with Crippen molar-refractivity contribution in [2.45, 2.75) is 0 Å². The Labute approximate surface area is 75.0 Å². The van der Waals surface area contributed by atoms with Crippen LogP contribution in [0.3, 0.4) is 0 Å². The highest BCUT2D eigenvalue weighted by molar-refractivity contribution is 8.25. The molecule has 1 aromatic carbocycles. The first-order valence-corrected chi connectivity index (χ1v) is 4.22. The maximum atomic E-state index is 7.47. The number of nitrogens with two attached hydrogens (primary N) is 1. The maximum Gasteiger partial charge on any atom is 0.0999 e. The summed E-state index contributed by atoms with van der Waals surface area (Å²) in [5.41, 5.74) is 8.09. The van der Waals surface area contributed by atoms with E-state index < -0.39 is 0 Å². The zero-order chi connectivity index (χ0) is 8.97. The smallest absolute Gasteiger partial charge is 0.0999 e. The summed E-state index contributed by atoms with van der Waals surface area (Å²) in [7, 11) is 0. The molecule has 0 saturated heterocycles. The van der Waals surface area contributed by atoms with Crippen molar-refractivity contribution in [2.75, 3.05) is 5.73 Å². The molecule has 0 amide bonds. The highest BCUT2D eigenvalue weighted by Gasteiger charge is 1.98. The van der Waals surface area contributed by atoms with Gasteiger partial charge in [-0.15, -0.1) is 0 Å². The zero-order valence-corrected chi connectivity index (χ0v) is 7.19. The number of benzene rings is 1. The second kappa shape index (κ2) is 3.92. The molecule has 0 fully saturated rings. The third-order valence-electron chi connectivity index (χ3n) is 1.35. The minimum Gasteiger partial charge on any atom is -0.399 e. The summed E-state index contributed by atoms with van der Waals surface area (Å²) in [6.45, 7) is 0. The Morgan fingerprint density at radius 2 is 1.92 bits per heavy atom. The van der Waals surface area contributed by atoms with E-state index >= 15 is 0 Å². The van der Waals surface area contributed by atoms with Crippen molar-refractivity contribution in [3.63, 3.8) is 0 Å². The van der Waals surface area contributed by atoms with Gasteiger partial charge in [-0.1, -0.05) is 23.9 Å². The average molecular weight is 179 g/mol. The Morgan fingerprint density at radius 3 is 2.42 bits per heavy atom. The summed E-state index contributed by atoms with van der Waals surface area (Å²) in [6.07, 6.45) is 0. The molecule has 0 saturated carbocycles. The second-order valence-corrected chi connectivity index (χ2v) is 3.07. The standard InChI is InChI=1S/C8H9N3S/c9-5-12-8(11)6-1-3-7(10)4-2-6/h1-5,9,11H,10H2. The number of thioether (sulfide) groups is 1. The van der Waals surface area contributed by atoms with Crippen molar-refractivity contribution in [1.29, 1.82) is 10.8 Å². The fraction of sp³-hybridized carbons (Fsp3) is 0. The molecule has 3 nitrogen and oxygen atoms in total. The third-order valence-corrected chi connectivity index (χ3v) is 1.94. The molecule has 12 heavy (non-hydrogen) atoms. The number of nitrogen functional groups attached to an aromatic ring is 1. The van der Waals surface area contributed by atoms with Crippen LogP contribution < -0.4 is 5.73 Å². The Balaban J connectivity index is 2.82. The van der Waals surface area contributed by atoms with Gasteiger partial charge >= 0.3 is 0 Å². The van der Waals surface area contributed by atoms with Crippen LogP contribution in [0.15, 0.2) is 24.3 Å². The summed E-state index contributed by atoms with van der Waals surface area (Å²) in [5, 5.41) is 14.6. The van der Waals surface area contributed by atoms with Crippen molar-refractivity contribution in [1.82, 2.24) is 0 Å². The minimum absolute atomic E-state index is 0.366. The molecular formula is C8H9N3S. The lowest BCUT2D eigenvalue weighted by Gasteiger charge is -1.99. The van der Waals surface area contributed by atoms with Crippen LogP contribution in [0, 0.1) is 10.8 Å². The molecule has 0 bridgehead atoms. The van der Waals surface area contributed by atoms with Gasteiger partial charge in [-0.05, 0) is 12.1 Å². The van der Waals surface area contributed by atoms with Crippen LogP contribution in [0.25, 0.3) is 0 Å². The van der Waals surface area contributed by atoms with Crippen LogP contribution >= 0.6 is 11.8 Å². The van der Waals surface area contributed by atoms with Crippen LogP contribution in [0.1, 0.15) is 5.56 Å². The van der Waals surface area contributed by atoms with Crippen LogP contribution in [0.5, 0.6) is 0 Å². The number of hydrogen-bond acceptors (Lipinski definition) is 4. The van der Waals surface area contributed by atoms with E-state index in [4.69, 9.17) is 16.6 Å². The summed E-state index contributed by atoms with van der Waals surface area (Å²) >= 11 is 1.07. The monoisotopic (exact) mass is 179 g/mol. The van der Waals surface area contributed by atoms with Crippen LogP contribution in [0.4, 0.5) is 5.69 Å². The van der Waals surface area contributed by atoms with Gasteiger partial charge < -0.3 is 11.1 Å². The molecule has 4 heteroatoms. The Morgan fingerprint density at radius 1 is 1.33 bits per heavy atom. The van der Waals surface area contributed by atoms with Crippen LogP contribution in [-0.2, 0) is 0 Å². The van der Waals surface area contributed by atoms with Crippen molar-refractivity contribution in [3.8, 4) is 0 Å². The van der Waals surface area contributed by atoms with Crippen LogP contribution in [-0.4, -0.2) is 10.6 Å². The molecule has 62 valence electrons. The summed E-state index contributed by atoms with van der Waals surface area (Å²) in [6, 6.07) is 7.03. The number of hydrogen-bond donors (Lipinski definition) is 3. The molecule has 0 heterocycles. The molecule has 0 atom stereocenters. The first-order valence-electron chi connectivity index (χ1n) is 3.34. The molecule has 1 rings (SSSR count). The molecular weight excluding hydrogens is 170 g/mol.